The first-order chi connectivity index (χ1) is 9.35. The van der Waals surface area contributed by atoms with Crippen molar-refractivity contribution in [1.29, 1.82) is 0 Å². The van der Waals surface area contributed by atoms with E-state index in [1.165, 1.54) is 17.5 Å². The van der Waals surface area contributed by atoms with Crippen molar-refractivity contribution >= 4 is 0 Å². The summed E-state index contributed by atoms with van der Waals surface area (Å²) in [7, 11) is 2.08. The molecule has 0 aromatic heterocycles. The second-order valence-corrected chi connectivity index (χ2v) is 5.61. The van der Waals surface area contributed by atoms with Gasteiger partial charge in [0, 0.05) is 24.7 Å². The van der Waals surface area contributed by atoms with Crippen molar-refractivity contribution in [3.8, 4) is 0 Å². The summed E-state index contributed by atoms with van der Waals surface area (Å²) in [6.45, 7) is 5.09. The van der Waals surface area contributed by atoms with E-state index in [2.05, 4.69) is 48.5 Å². The zero-order chi connectivity index (χ0) is 13.2. The summed E-state index contributed by atoms with van der Waals surface area (Å²) >= 11 is 0. The number of nitrogens with one attached hydrogen (secondary N) is 1. The first-order valence-electron chi connectivity index (χ1n) is 7.43. The molecule has 2 aliphatic rings. The van der Waals surface area contributed by atoms with Crippen LogP contribution < -0.4 is 5.32 Å². The van der Waals surface area contributed by atoms with Crippen LogP contribution in [0, 0.1) is 0 Å². The Morgan fingerprint density at radius 3 is 3.00 bits per heavy atom. The van der Waals surface area contributed by atoms with Crippen molar-refractivity contribution in [3.63, 3.8) is 0 Å². The van der Waals surface area contributed by atoms with Crippen LogP contribution in [0.25, 0.3) is 0 Å². The van der Waals surface area contributed by atoms with Crippen molar-refractivity contribution in [2.24, 2.45) is 0 Å². The highest BCUT2D eigenvalue weighted by Gasteiger charge is 2.38. The van der Waals surface area contributed by atoms with Gasteiger partial charge < -0.3 is 10.1 Å². The molecule has 3 nitrogen and oxygen atoms in total. The first kappa shape index (κ1) is 13.1. The molecule has 1 saturated heterocycles. The summed E-state index contributed by atoms with van der Waals surface area (Å²) in [5.74, 6) is 0. The standard InChI is InChI=1S/C16H24N2O/c1-3-13-11-19-9-8-18(13)15-10-12-6-4-5-7-14(12)16(15)17-2/h4-7,13,15-17H,3,8-11H2,1-2H3. The summed E-state index contributed by atoms with van der Waals surface area (Å²) in [4.78, 5) is 2.67. The van der Waals surface area contributed by atoms with Crippen LogP contribution in [-0.2, 0) is 11.2 Å². The molecule has 0 radical (unpaired) electrons. The van der Waals surface area contributed by atoms with Crippen LogP contribution in [0.5, 0.6) is 0 Å². The lowest BCUT2D eigenvalue weighted by Gasteiger charge is -2.41. The van der Waals surface area contributed by atoms with Crippen molar-refractivity contribution in [2.45, 2.75) is 37.9 Å². The first-order valence-corrected chi connectivity index (χ1v) is 7.43. The van der Waals surface area contributed by atoms with Crippen LogP contribution in [0.1, 0.15) is 30.5 Å². The molecule has 104 valence electrons. The minimum Gasteiger partial charge on any atom is -0.378 e. The van der Waals surface area contributed by atoms with E-state index in [0.29, 0.717) is 18.1 Å². The lowest BCUT2D eigenvalue weighted by Crippen LogP contribution is -2.53. The molecule has 3 rings (SSSR count). The van der Waals surface area contributed by atoms with Crippen LogP contribution in [0.2, 0.25) is 0 Å². The van der Waals surface area contributed by atoms with E-state index < -0.39 is 0 Å². The van der Waals surface area contributed by atoms with Gasteiger partial charge in [-0.25, -0.2) is 0 Å². The largest absolute Gasteiger partial charge is 0.378 e. The fraction of sp³-hybridized carbons (Fsp3) is 0.625. The average molecular weight is 260 g/mol. The number of ether oxygens (including phenoxy) is 1. The Bertz CT molecular complexity index is 435. The Hall–Kier alpha value is -0.900. The third-order valence-electron chi connectivity index (χ3n) is 4.69. The molecule has 3 unspecified atom stereocenters. The van der Waals surface area contributed by atoms with Gasteiger partial charge >= 0.3 is 0 Å². The topological polar surface area (TPSA) is 24.5 Å². The van der Waals surface area contributed by atoms with Crippen molar-refractivity contribution in [2.75, 3.05) is 26.8 Å². The molecule has 1 aromatic rings. The minimum atomic E-state index is 0.461. The molecule has 0 spiro atoms. The van der Waals surface area contributed by atoms with Crippen molar-refractivity contribution < 1.29 is 4.74 Å². The van der Waals surface area contributed by atoms with Gasteiger partial charge in [-0.3, -0.25) is 4.90 Å². The van der Waals surface area contributed by atoms with Gasteiger partial charge in [-0.15, -0.1) is 0 Å². The molecule has 1 heterocycles. The lowest BCUT2D eigenvalue weighted by atomic mass is 10.0. The van der Waals surface area contributed by atoms with Crippen LogP contribution in [0.15, 0.2) is 24.3 Å². The smallest absolute Gasteiger partial charge is 0.0622 e. The number of nitrogens with zero attached hydrogens (tertiary/aromatic N) is 1. The Kier molecular flexibility index (Phi) is 3.87. The number of rotatable bonds is 3. The predicted octanol–water partition coefficient (Wildman–Crippen LogP) is 1.98. The van der Waals surface area contributed by atoms with E-state index in [4.69, 9.17) is 4.74 Å². The van der Waals surface area contributed by atoms with E-state index in [9.17, 15) is 0 Å². The average Bonchev–Trinajstić information content (AvgIpc) is 2.85. The van der Waals surface area contributed by atoms with Gasteiger partial charge in [-0.05, 0) is 31.0 Å². The molecule has 1 aromatic carbocycles. The Balaban J connectivity index is 1.85. The molecule has 0 amide bonds. The van der Waals surface area contributed by atoms with Crippen LogP contribution in [0.4, 0.5) is 0 Å². The fourth-order valence-electron chi connectivity index (χ4n) is 3.69. The second-order valence-electron chi connectivity index (χ2n) is 5.61. The molecule has 19 heavy (non-hydrogen) atoms. The Morgan fingerprint density at radius 2 is 2.21 bits per heavy atom. The number of morpholine rings is 1. The van der Waals surface area contributed by atoms with Crippen LogP contribution >= 0.6 is 0 Å². The van der Waals surface area contributed by atoms with Gasteiger partial charge in [0.2, 0.25) is 0 Å². The van der Waals surface area contributed by atoms with Gasteiger partial charge in [-0.2, -0.15) is 0 Å². The minimum absolute atomic E-state index is 0.461. The van der Waals surface area contributed by atoms with E-state index in [0.717, 1.165) is 26.2 Å². The van der Waals surface area contributed by atoms with Gasteiger partial charge in [0.1, 0.15) is 0 Å². The van der Waals surface area contributed by atoms with Crippen molar-refractivity contribution in [3.05, 3.63) is 35.4 Å². The van der Waals surface area contributed by atoms with E-state index in [-0.39, 0.29) is 0 Å². The summed E-state index contributed by atoms with van der Waals surface area (Å²) in [6, 6.07) is 10.5. The second kappa shape index (κ2) is 5.61. The fourth-order valence-corrected chi connectivity index (χ4v) is 3.69. The number of hydrogen-bond acceptors (Lipinski definition) is 3. The molecule has 0 bridgehead atoms. The number of hydrogen-bond donors (Lipinski definition) is 1. The highest BCUT2D eigenvalue weighted by Crippen LogP contribution is 2.35. The maximum absolute atomic E-state index is 5.65. The van der Waals surface area contributed by atoms with E-state index in [1.807, 2.05) is 0 Å². The molecule has 1 aliphatic carbocycles. The van der Waals surface area contributed by atoms with E-state index in [1.54, 1.807) is 0 Å². The summed E-state index contributed by atoms with van der Waals surface area (Å²) in [6.07, 6.45) is 2.33. The molecule has 3 heteroatoms. The number of benzene rings is 1. The van der Waals surface area contributed by atoms with Gasteiger partial charge in [-0.1, -0.05) is 31.2 Å². The highest BCUT2D eigenvalue weighted by atomic mass is 16.5. The molecular formula is C16H24N2O. The molecule has 0 saturated carbocycles. The summed E-state index contributed by atoms with van der Waals surface area (Å²) in [5, 5.41) is 3.53. The van der Waals surface area contributed by atoms with Gasteiger partial charge in [0.15, 0.2) is 0 Å². The lowest BCUT2D eigenvalue weighted by molar-refractivity contribution is -0.0347. The normalized spacial score (nSPS) is 31.4. The third-order valence-corrected chi connectivity index (χ3v) is 4.69. The zero-order valence-corrected chi connectivity index (χ0v) is 11.9. The highest BCUT2D eigenvalue weighted by molar-refractivity contribution is 5.37. The maximum atomic E-state index is 5.65. The van der Waals surface area contributed by atoms with Crippen molar-refractivity contribution in [1.82, 2.24) is 10.2 Å². The predicted molar refractivity (Wildman–Crippen MR) is 77.3 cm³/mol. The maximum Gasteiger partial charge on any atom is 0.0622 e. The summed E-state index contributed by atoms with van der Waals surface area (Å²) in [5.41, 5.74) is 2.99. The zero-order valence-electron chi connectivity index (χ0n) is 11.9. The van der Waals surface area contributed by atoms with Gasteiger partial charge in [0.05, 0.1) is 13.2 Å². The molecule has 3 atom stereocenters. The monoisotopic (exact) mass is 260 g/mol. The quantitative estimate of drug-likeness (QED) is 0.899. The third kappa shape index (κ3) is 2.31. The summed E-state index contributed by atoms with van der Waals surface area (Å²) < 4.78 is 5.65. The molecule has 1 aliphatic heterocycles. The van der Waals surface area contributed by atoms with Gasteiger partial charge in [0.25, 0.3) is 0 Å². The van der Waals surface area contributed by atoms with Crippen LogP contribution in [0.3, 0.4) is 0 Å². The molecule has 1 N–H and O–H groups in total. The SMILES string of the molecule is CCC1COCCN1C1Cc2ccccc2C1NC. The number of fused-ring (bicyclic) bond motifs is 1. The molecule has 1 fully saturated rings. The Morgan fingerprint density at radius 1 is 1.37 bits per heavy atom. The molecular weight excluding hydrogens is 236 g/mol. The van der Waals surface area contributed by atoms with Crippen LogP contribution in [-0.4, -0.2) is 43.8 Å². The number of likely N-dealkylation sites (N-methyl/N-ethyl adjacent to an activating group) is 1. The Labute approximate surface area is 115 Å². The van der Waals surface area contributed by atoms with E-state index >= 15 is 0 Å².